The topological polar surface area (TPSA) is 60.0 Å². The summed E-state index contributed by atoms with van der Waals surface area (Å²) < 4.78 is 11.3. The molecule has 0 fully saturated rings. The number of nitrogens with one attached hydrogen (secondary N) is 1. The number of H-pyrrole nitrogens is 1. The summed E-state index contributed by atoms with van der Waals surface area (Å²) in [6.07, 6.45) is 4.64. The number of pyridine rings is 1. The molecule has 0 spiro atoms. The van der Waals surface area contributed by atoms with E-state index in [-0.39, 0.29) is 6.29 Å². The van der Waals surface area contributed by atoms with Crippen LogP contribution in [-0.4, -0.2) is 34.5 Å². The maximum atomic E-state index is 5.63. The minimum atomic E-state index is -0.0982. The van der Waals surface area contributed by atoms with E-state index in [2.05, 4.69) is 29.0 Å². The Morgan fingerprint density at radius 2 is 1.84 bits per heavy atom. The summed E-state index contributed by atoms with van der Waals surface area (Å²) in [6.45, 7) is 7.60. The van der Waals surface area contributed by atoms with Gasteiger partial charge in [0, 0.05) is 24.5 Å². The van der Waals surface area contributed by atoms with Crippen LogP contribution in [0.15, 0.2) is 30.6 Å². The van der Waals surface area contributed by atoms with Gasteiger partial charge < -0.3 is 14.5 Å². The molecule has 0 amide bonds. The highest BCUT2D eigenvalue weighted by Crippen LogP contribution is 2.30. The van der Waals surface area contributed by atoms with Crippen molar-refractivity contribution in [2.24, 2.45) is 0 Å². The molecule has 0 aliphatic rings. The number of para-hydroxylation sites is 1. The minimum Gasteiger partial charge on any atom is -0.353 e. The molecule has 0 saturated heterocycles. The fourth-order valence-electron chi connectivity index (χ4n) is 3.32. The van der Waals surface area contributed by atoms with Gasteiger partial charge in [0.2, 0.25) is 0 Å². The molecule has 0 aliphatic heterocycles. The molecule has 0 radical (unpaired) electrons. The van der Waals surface area contributed by atoms with Crippen molar-refractivity contribution in [3.05, 3.63) is 36.3 Å². The number of ether oxygens (including phenoxy) is 2. The Hall–Kier alpha value is -1.98. The van der Waals surface area contributed by atoms with Gasteiger partial charge in [0.05, 0.1) is 28.6 Å². The average Bonchev–Trinajstić information content (AvgIpc) is 3.11. The number of fused-ring (bicyclic) bond motifs is 3. The molecular formula is C20H27N3O2. The summed E-state index contributed by atoms with van der Waals surface area (Å²) in [7, 11) is 0. The first-order chi connectivity index (χ1) is 12.2. The molecular weight excluding hydrogens is 314 g/mol. The zero-order valence-electron chi connectivity index (χ0n) is 15.3. The van der Waals surface area contributed by atoms with E-state index < -0.39 is 0 Å². The molecule has 0 bridgehead atoms. The van der Waals surface area contributed by atoms with Gasteiger partial charge in [-0.05, 0) is 39.2 Å². The molecule has 3 rings (SSSR count). The maximum absolute atomic E-state index is 5.63. The second kappa shape index (κ2) is 8.41. The fourth-order valence-corrected chi connectivity index (χ4v) is 3.32. The SMILES string of the molecule is CCOC(CCCC(C)c1nc2ccccc2c2nc[nH]c12)OCC. The Balaban J connectivity index is 1.75. The summed E-state index contributed by atoms with van der Waals surface area (Å²) in [5.41, 5.74) is 4.16. The normalized spacial score (nSPS) is 13.1. The van der Waals surface area contributed by atoms with E-state index in [1.807, 2.05) is 26.0 Å². The maximum Gasteiger partial charge on any atom is 0.157 e. The third-order valence-corrected chi connectivity index (χ3v) is 4.54. The van der Waals surface area contributed by atoms with Crippen molar-refractivity contribution in [2.45, 2.75) is 52.2 Å². The predicted octanol–water partition coefficient (Wildman–Crippen LogP) is 4.78. The van der Waals surface area contributed by atoms with Crippen LogP contribution in [0.5, 0.6) is 0 Å². The number of benzene rings is 1. The summed E-state index contributed by atoms with van der Waals surface area (Å²) in [5, 5.41) is 1.10. The van der Waals surface area contributed by atoms with Gasteiger partial charge in [-0.25, -0.2) is 4.98 Å². The standard InChI is InChI=1S/C20H27N3O2/c1-4-24-17(25-5-2)12-8-9-14(3)18-20-19(21-13-22-20)15-10-6-7-11-16(15)23-18/h6-7,10-11,13-14,17H,4-5,8-9,12H2,1-3H3,(H,21,22). The highest BCUT2D eigenvalue weighted by atomic mass is 16.7. The smallest absolute Gasteiger partial charge is 0.157 e. The number of aromatic nitrogens is 3. The highest BCUT2D eigenvalue weighted by Gasteiger charge is 2.17. The molecule has 1 aromatic carbocycles. The Kier molecular flexibility index (Phi) is 6.00. The lowest BCUT2D eigenvalue weighted by Crippen LogP contribution is -2.17. The average molecular weight is 341 g/mol. The van der Waals surface area contributed by atoms with E-state index in [4.69, 9.17) is 14.5 Å². The number of imidazole rings is 1. The van der Waals surface area contributed by atoms with Gasteiger partial charge in [-0.15, -0.1) is 0 Å². The van der Waals surface area contributed by atoms with Gasteiger partial charge in [0.25, 0.3) is 0 Å². The third kappa shape index (κ3) is 3.99. The van der Waals surface area contributed by atoms with E-state index in [1.54, 1.807) is 6.33 Å². The van der Waals surface area contributed by atoms with Crippen LogP contribution < -0.4 is 0 Å². The van der Waals surface area contributed by atoms with Crippen LogP contribution in [0.2, 0.25) is 0 Å². The first-order valence-electron chi connectivity index (χ1n) is 9.19. The molecule has 1 atom stereocenters. The Labute approximate surface area is 148 Å². The van der Waals surface area contributed by atoms with Crippen molar-refractivity contribution >= 4 is 21.9 Å². The van der Waals surface area contributed by atoms with Crippen LogP contribution >= 0.6 is 0 Å². The Morgan fingerprint density at radius 3 is 2.60 bits per heavy atom. The molecule has 2 aromatic heterocycles. The van der Waals surface area contributed by atoms with Gasteiger partial charge in [-0.1, -0.05) is 25.1 Å². The van der Waals surface area contributed by atoms with Crippen LogP contribution in [-0.2, 0) is 9.47 Å². The zero-order valence-corrected chi connectivity index (χ0v) is 15.3. The number of hydrogen-bond acceptors (Lipinski definition) is 4. The van der Waals surface area contributed by atoms with Crippen molar-refractivity contribution in [3.8, 4) is 0 Å². The van der Waals surface area contributed by atoms with Gasteiger partial charge in [-0.3, -0.25) is 4.98 Å². The number of nitrogens with zero attached hydrogens (tertiary/aromatic N) is 2. The molecule has 0 saturated carbocycles. The van der Waals surface area contributed by atoms with E-state index in [9.17, 15) is 0 Å². The lowest BCUT2D eigenvalue weighted by atomic mass is 9.97. The molecule has 25 heavy (non-hydrogen) atoms. The molecule has 3 aromatic rings. The van der Waals surface area contributed by atoms with Crippen molar-refractivity contribution in [2.75, 3.05) is 13.2 Å². The minimum absolute atomic E-state index is 0.0982. The number of rotatable bonds is 9. The number of hydrogen-bond donors (Lipinski definition) is 1. The van der Waals surface area contributed by atoms with Gasteiger partial charge >= 0.3 is 0 Å². The van der Waals surface area contributed by atoms with Crippen molar-refractivity contribution in [3.63, 3.8) is 0 Å². The van der Waals surface area contributed by atoms with Crippen LogP contribution in [0.4, 0.5) is 0 Å². The Morgan fingerprint density at radius 1 is 1.08 bits per heavy atom. The summed E-state index contributed by atoms with van der Waals surface area (Å²) >= 11 is 0. The van der Waals surface area contributed by atoms with Gasteiger partial charge in [0.15, 0.2) is 6.29 Å². The second-order valence-corrected chi connectivity index (χ2v) is 6.31. The molecule has 1 N–H and O–H groups in total. The monoisotopic (exact) mass is 341 g/mol. The highest BCUT2D eigenvalue weighted by molar-refractivity contribution is 6.02. The zero-order chi connectivity index (χ0) is 17.6. The van der Waals surface area contributed by atoms with Crippen LogP contribution in [0.25, 0.3) is 21.9 Å². The lowest BCUT2D eigenvalue weighted by Gasteiger charge is -2.18. The van der Waals surface area contributed by atoms with E-state index in [0.29, 0.717) is 19.1 Å². The van der Waals surface area contributed by atoms with Crippen molar-refractivity contribution < 1.29 is 9.47 Å². The van der Waals surface area contributed by atoms with E-state index in [1.165, 1.54) is 0 Å². The fraction of sp³-hybridized carbons (Fsp3) is 0.500. The first-order valence-corrected chi connectivity index (χ1v) is 9.19. The molecule has 5 heteroatoms. The number of aromatic amines is 1. The van der Waals surface area contributed by atoms with Crippen LogP contribution in [0.1, 0.15) is 51.6 Å². The summed E-state index contributed by atoms with van der Waals surface area (Å²) in [4.78, 5) is 12.7. The second-order valence-electron chi connectivity index (χ2n) is 6.31. The first kappa shape index (κ1) is 17.8. The molecule has 2 heterocycles. The molecule has 134 valence electrons. The summed E-state index contributed by atoms with van der Waals surface area (Å²) in [5.74, 6) is 0.344. The van der Waals surface area contributed by atoms with E-state index in [0.717, 1.165) is 46.9 Å². The summed E-state index contributed by atoms with van der Waals surface area (Å²) in [6, 6.07) is 8.19. The third-order valence-electron chi connectivity index (χ3n) is 4.54. The molecule has 5 nitrogen and oxygen atoms in total. The van der Waals surface area contributed by atoms with Gasteiger partial charge in [0.1, 0.15) is 0 Å². The largest absolute Gasteiger partial charge is 0.353 e. The Bertz CT molecular complexity index is 809. The van der Waals surface area contributed by atoms with Crippen molar-refractivity contribution in [1.29, 1.82) is 0 Å². The van der Waals surface area contributed by atoms with Crippen LogP contribution in [0.3, 0.4) is 0 Å². The quantitative estimate of drug-likeness (QED) is 0.569. The van der Waals surface area contributed by atoms with E-state index >= 15 is 0 Å². The lowest BCUT2D eigenvalue weighted by molar-refractivity contribution is -0.140. The predicted molar refractivity (Wildman–Crippen MR) is 101 cm³/mol. The van der Waals surface area contributed by atoms with Gasteiger partial charge in [-0.2, -0.15) is 0 Å². The molecule has 1 unspecified atom stereocenters. The van der Waals surface area contributed by atoms with Crippen LogP contribution in [0, 0.1) is 0 Å². The van der Waals surface area contributed by atoms with Crippen molar-refractivity contribution in [1.82, 2.24) is 15.0 Å². The molecule has 0 aliphatic carbocycles.